The smallest absolute Gasteiger partial charge is 0.192 e. The number of ether oxygens (including phenoxy) is 2. The van der Waals surface area contributed by atoms with Crippen LogP contribution in [0.4, 0.5) is 0 Å². The molecule has 4 nitrogen and oxygen atoms in total. The molecule has 2 heterocycles. The predicted molar refractivity (Wildman–Crippen MR) is 67.6 cm³/mol. The molecule has 0 aromatic rings. The standard InChI is InChI=1S/C12H24O4Si/c1-12(2,3)17(4,5)16-9-7-15-10-8(13)6-14-11(9)10/h8-11,13H,6-7H2,1-5H3/t8-,9?,10+,11+/m0/s1. The zero-order chi connectivity index (χ0) is 12.8. The molecule has 0 saturated carbocycles. The predicted octanol–water partition coefficient (Wildman–Crippen LogP) is 1.54. The van der Waals surface area contributed by atoms with E-state index >= 15 is 0 Å². The maximum atomic E-state index is 9.68. The third kappa shape index (κ3) is 2.44. The maximum Gasteiger partial charge on any atom is 0.192 e. The first-order chi connectivity index (χ1) is 7.72. The molecule has 0 aliphatic carbocycles. The summed E-state index contributed by atoms with van der Waals surface area (Å²) in [6.07, 6.45) is -0.782. The Kier molecular flexibility index (Phi) is 3.42. The fourth-order valence-electron chi connectivity index (χ4n) is 2.10. The van der Waals surface area contributed by atoms with Gasteiger partial charge < -0.3 is 19.0 Å². The van der Waals surface area contributed by atoms with E-state index in [1.807, 2.05) is 0 Å². The fourth-order valence-corrected chi connectivity index (χ4v) is 3.41. The fraction of sp³-hybridized carbons (Fsp3) is 1.00. The van der Waals surface area contributed by atoms with Crippen LogP contribution in [0.15, 0.2) is 0 Å². The highest BCUT2D eigenvalue weighted by Gasteiger charge is 2.50. The highest BCUT2D eigenvalue weighted by atomic mass is 28.4. The lowest BCUT2D eigenvalue weighted by Crippen LogP contribution is -2.47. The molecule has 0 amide bonds. The molecular formula is C12H24O4Si. The molecule has 1 unspecified atom stereocenters. The van der Waals surface area contributed by atoms with Crippen LogP contribution >= 0.6 is 0 Å². The van der Waals surface area contributed by atoms with Crippen molar-refractivity contribution in [1.29, 1.82) is 0 Å². The minimum absolute atomic E-state index is 0.0157. The van der Waals surface area contributed by atoms with E-state index in [0.29, 0.717) is 13.2 Å². The van der Waals surface area contributed by atoms with Crippen molar-refractivity contribution in [2.24, 2.45) is 0 Å². The Morgan fingerprint density at radius 3 is 2.29 bits per heavy atom. The second-order valence-corrected chi connectivity index (χ2v) is 11.3. The van der Waals surface area contributed by atoms with Crippen LogP contribution in [0.25, 0.3) is 0 Å². The highest BCUT2D eigenvalue weighted by Crippen LogP contribution is 2.40. The van der Waals surface area contributed by atoms with Gasteiger partial charge in [-0.25, -0.2) is 0 Å². The number of aliphatic hydroxyl groups is 1. The molecule has 2 fully saturated rings. The van der Waals surface area contributed by atoms with Crippen LogP contribution < -0.4 is 0 Å². The molecular weight excluding hydrogens is 236 g/mol. The zero-order valence-corrected chi connectivity index (χ0v) is 12.4. The van der Waals surface area contributed by atoms with Gasteiger partial charge in [0.05, 0.1) is 19.3 Å². The molecule has 0 bridgehead atoms. The van der Waals surface area contributed by atoms with Gasteiger partial charge in [-0.2, -0.15) is 0 Å². The van der Waals surface area contributed by atoms with E-state index in [0.717, 1.165) is 0 Å². The second-order valence-electron chi connectivity index (χ2n) is 6.58. The maximum absolute atomic E-state index is 9.68. The Labute approximate surface area is 104 Å². The molecule has 0 radical (unpaired) electrons. The molecule has 1 N–H and O–H groups in total. The van der Waals surface area contributed by atoms with Gasteiger partial charge in [0.1, 0.15) is 18.3 Å². The van der Waals surface area contributed by atoms with Crippen molar-refractivity contribution in [3.63, 3.8) is 0 Å². The molecule has 4 atom stereocenters. The quantitative estimate of drug-likeness (QED) is 0.765. The molecule has 17 heavy (non-hydrogen) atoms. The minimum atomic E-state index is -1.79. The van der Waals surface area contributed by atoms with Crippen LogP contribution in [0.5, 0.6) is 0 Å². The summed E-state index contributed by atoms with van der Waals surface area (Å²) in [4.78, 5) is 0. The summed E-state index contributed by atoms with van der Waals surface area (Å²) in [6, 6.07) is 0. The van der Waals surface area contributed by atoms with Gasteiger partial charge in [0.15, 0.2) is 8.32 Å². The van der Waals surface area contributed by atoms with E-state index < -0.39 is 14.4 Å². The van der Waals surface area contributed by atoms with E-state index in [9.17, 15) is 5.11 Å². The van der Waals surface area contributed by atoms with Crippen molar-refractivity contribution in [3.8, 4) is 0 Å². The third-order valence-corrected chi connectivity index (χ3v) is 8.74. The Hall–Kier alpha value is 0.0569. The Balaban J connectivity index is 2.02. The lowest BCUT2D eigenvalue weighted by Gasteiger charge is -2.39. The molecule has 2 rings (SSSR count). The minimum Gasteiger partial charge on any atom is -0.409 e. The average Bonchev–Trinajstić information content (AvgIpc) is 2.70. The molecule has 0 aromatic carbocycles. The van der Waals surface area contributed by atoms with Gasteiger partial charge >= 0.3 is 0 Å². The number of hydrogen-bond donors (Lipinski definition) is 1. The zero-order valence-electron chi connectivity index (χ0n) is 11.4. The monoisotopic (exact) mass is 260 g/mol. The molecule has 5 heteroatoms. The molecule has 2 aliphatic heterocycles. The summed E-state index contributed by atoms with van der Waals surface area (Å²) in [7, 11) is -1.79. The van der Waals surface area contributed by atoms with Gasteiger partial charge in [-0.05, 0) is 18.1 Å². The van der Waals surface area contributed by atoms with E-state index in [4.69, 9.17) is 13.9 Å². The van der Waals surface area contributed by atoms with Gasteiger partial charge in [0.2, 0.25) is 0 Å². The van der Waals surface area contributed by atoms with Crippen LogP contribution in [0.2, 0.25) is 18.1 Å². The Morgan fingerprint density at radius 2 is 1.71 bits per heavy atom. The first-order valence-electron chi connectivity index (χ1n) is 6.31. The number of rotatable bonds is 2. The van der Waals surface area contributed by atoms with Crippen molar-refractivity contribution in [3.05, 3.63) is 0 Å². The van der Waals surface area contributed by atoms with E-state index in [1.165, 1.54) is 0 Å². The van der Waals surface area contributed by atoms with Crippen LogP contribution in [0.1, 0.15) is 20.8 Å². The third-order valence-electron chi connectivity index (χ3n) is 4.23. The van der Waals surface area contributed by atoms with Crippen molar-refractivity contribution in [2.75, 3.05) is 13.2 Å². The normalized spacial score (nSPS) is 38.5. The van der Waals surface area contributed by atoms with Gasteiger partial charge in [0.25, 0.3) is 0 Å². The number of aliphatic hydroxyl groups excluding tert-OH is 1. The van der Waals surface area contributed by atoms with Crippen LogP contribution in [0.3, 0.4) is 0 Å². The lowest BCUT2D eigenvalue weighted by molar-refractivity contribution is 0.00562. The SMILES string of the molecule is CC(C)(C)[Si](C)(C)OC1CO[C@H]2[C@@H]1OC[C@@H]2O. The highest BCUT2D eigenvalue weighted by molar-refractivity contribution is 6.74. The largest absolute Gasteiger partial charge is 0.409 e. The first-order valence-corrected chi connectivity index (χ1v) is 9.22. The molecule has 2 saturated heterocycles. The van der Waals surface area contributed by atoms with Crippen LogP contribution in [-0.2, 0) is 13.9 Å². The molecule has 100 valence electrons. The van der Waals surface area contributed by atoms with Gasteiger partial charge in [-0.15, -0.1) is 0 Å². The summed E-state index contributed by atoms with van der Waals surface area (Å²) in [5.74, 6) is 0. The summed E-state index contributed by atoms with van der Waals surface area (Å²) in [6.45, 7) is 12.0. The van der Waals surface area contributed by atoms with E-state index in [2.05, 4.69) is 33.9 Å². The van der Waals surface area contributed by atoms with E-state index in [1.54, 1.807) is 0 Å². The topological polar surface area (TPSA) is 47.9 Å². The first kappa shape index (κ1) is 13.5. The number of hydrogen-bond acceptors (Lipinski definition) is 4. The number of fused-ring (bicyclic) bond motifs is 1. The van der Waals surface area contributed by atoms with Gasteiger partial charge in [-0.1, -0.05) is 20.8 Å². The van der Waals surface area contributed by atoms with Crippen molar-refractivity contribution < 1.29 is 19.0 Å². The van der Waals surface area contributed by atoms with E-state index in [-0.39, 0.29) is 23.4 Å². The van der Waals surface area contributed by atoms with Crippen molar-refractivity contribution >= 4 is 8.32 Å². The Morgan fingerprint density at radius 1 is 1.12 bits per heavy atom. The van der Waals surface area contributed by atoms with Crippen LogP contribution in [0, 0.1) is 0 Å². The van der Waals surface area contributed by atoms with Crippen LogP contribution in [-0.4, -0.2) is 51.1 Å². The lowest BCUT2D eigenvalue weighted by atomic mass is 10.1. The average molecular weight is 260 g/mol. The molecule has 0 aromatic heterocycles. The Bertz CT molecular complexity index is 287. The van der Waals surface area contributed by atoms with Crippen molar-refractivity contribution in [2.45, 2.75) is 63.3 Å². The molecule has 0 spiro atoms. The van der Waals surface area contributed by atoms with Gasteiger partial charge in [-0.3, -0.25) is 0 Å². The molecule has 2 aliphatic rings. The summed E-state index contributed by atoms with van der Waals surface area (Å²) in [5, 5.41) is 9.86. The second kappa shape index (κ2) is 4.31. The van der Waals surface area contributed by atoms with Gasteiger partial charge in [0, 0.05) is 0 Å². The summed E-state index contributed by atoms with van der Waals surface area (Å²) in [5.41, 5.74) is 0. The summed E-state index contributed by atoms with van der Waals surface area (Å²) < 4.78 is 17.5. The van der Waals surface area contributed by atoms with Crippen molar-refractivity contribution in [1.82, 2.24) is 0 Å². The summed E-state index contributed by atoms with van der Waals surface area (Å²) >= 11 is 0.